The molecule has 3 aromatic rings. The van der Waals surface area contributed by atoms with Crippen LogP contribution in [0.5, 0.6) is 5.75 Å². The summed E-state index contributed by atoms with van der Waals surface area (Å²) in [7, 11) is 0. The number of carbonyl (C=O) groups is 4. The van der Waals surface area contributed by atoms with Gasteiger partial charge in [0.25, 0.3) is 0 Å². The van der Waals surface area contributed by atoms with Crippen LogP contribution >= 0.6 is 0 Å². The van der Waals surface area contributed by atoms with E-state index in [4.69, 9.17) is 11.5 Å². The van der Waals surface area contributed by atoms with Gasteiger partial charge in [-0.05, 0) is 55.6 Å². The summed E-state index contributed by atoms with van der Waals surface area (Å²) in [6.45, 7) is 1.68. The SMILES string of the molecule is CC(O)C(NC(=O)C(Cc1c[nH]c2ccccc12)NC(=O)C(Cc1ccc(O)cc1)NC(=O)C(N)CCCCN)C(=O)O. The lowest BCUT2D eigenvalue weighted by atomic mass is 10.0. The predicted octanol–water partition coefficient (Wildman–Crippen LogP) is 0.0348. The summed E-state index contributed by atoms with van der Waals surface area (Å²) < 4.78 is 0. The van der Waals surface area contributed by atoms with E-state index in [-0.39, 0.29) is 18.6 Å². The fourth-order valence-corrected chi connectivity index (χ4v) is 4.64. The number of nitrogens with one attached hydrogen (secondary N) is 4. The third-order valence-electron chi connectivity index (χ3n) is 7.09. The minimum Gasteiger partial charge on any atom is -0.508 e. The smallest absolute Gasteiger partial charge is 0.328 e. The maximum absolute atomic E-state index is 13.7. The lowest BCUT2D eigenvalue weighted by Crippen LogP contribution is -2.59. The molecular formula is C30H40N6O7. The number of unbranched alkanes of at least 4 members (excludes halogenated alkanes) is 1. The summed E-state index contributed by atoms with van der Waals surface area (Å²) in [5.74, 6) is -3.52. The number of H-pyrrole nitrogens is 1. The molecule has 43 heavy (non-hydrogen) atoms. The first-order chi connectivity index (χ1) is 20.5. The van der Waals surface area contributed by atoms with Crippen LogP contribution in [0.1, 0.15) is 37.3 Å². The number of carbonyl (C=O) groups excluding carboxylic acids is 3. The van der Waals surface area contributed by atoms with E-state index in [0.717, 1.165) is 10.9 Å². The summed E-state index contributed by atoms with van der Waals surface area (Å²) in [6.07, 6.45) is 1.95. The van der Waals surface area contributed by atoms with E-state index in [0.29, 0.717) is 36.9 Å². The van der Waals surface area contributed by atoms with Gasteiger partial charge in [0, 0.05) is 29.9 Å². The van der Waals surface area contributed by atoms with Crippen LogP contribution in [0.25, 0.3) is 10.9 Å². The van der Waals surface area contributed by atoms with Crippen LogP contribution in [0.2, 0.25) is 0 Å². The molecule has 13 nitrogen and oxygen atoms in total. The number of aliphatic carboxylic acids is 1. The van der Waals surface area contributed by atoms with Crippen LogP contribution in [-0.4, -0.2) is 80.8 Å². The van der Waals surface area contributed by atoms with Gasteiger partial charge >= 0.3 is 5.97 Å². The van der Waals surface area contributed by atoms with Gasteiger partial charge in [0.05, 0.1) is 12.1 Å². The third kappa shape index (κ3) is 9.53. The van der Waals surface area contributed by atoms with Gasteiger partial charge in [-0.25, -0.2) is 4.79 Å². The normalized spacial score (nSPS) is 14.7. The van der Waals surface area contributed by atoms with Crippen molar-refractivity contribution in [2.24, 2.45) is 11.5 Å². The molecule has 3 rings (SSSR count). The van der Waals surface area contributed by atoms with Crippen LogP contribution in [0.4, 0.5) is 0 Å². The average molecular weight is 597 g/mol. The number of carboxylic acids is 1. The number of aromatic amines is 1. The van der Waals surface area contributed by atoms with Crippen molar-refractivity contribution >= 4 is 34.6 Å². The van der Waals surface area contributed by atoms with Crippen LogP contribution in [-0.2, 0) is 32.0 Å². The highest BCUT2D eigenvalue weighted by atomic mass is 16.4. The number of rotatable bonds is 16. The second-order valence-corrected chi connectivity index (χ2v) is 10.5. The van der Waals surface area contributed by atoms with Crippen molar-refractivity contribution in [2.45, 2.75) is 69.3 Å². The summed E-state index contributed by atoms with van der Waals surface area (Å²) in [5, 5.41) is 37.5. The molecule has 0 bridgehead atoms. The molecule has 1 aromatic heterocycles. The lowest BCUT2D eigenvalue weighted by molar-refractivity contribution is -0.145. The third-order valence-corrected chi connectivity index (χ3v) is 7.09. The topological polar surface area (TPSA) is 233 Å². The number of aromatic hydroxyl groups is 1. The number of nitrogens with two attached hydrogens (primary N) is 2. The Balaban J connectivity index is 1.88. The summed E-state index contributed by atoms with van der Waals surface area (Å²) in [5.41, 5.74) is 13.7. The second kappa shape index (κ2) is 15.7. The minimum atomic E-state index is -1.62. The highest BCUT2D eigenvalue weighted by Crippen LogP contribution is 2.20. The zero-order chi connectivity index (χ0) is 31.5. The lowest BCUT2D eigenvalue weighted by Gasteiger charge is -2.26. The van der Waals surface area contributed by atoms with Gasteiger partial charge in [0.15, 0.2) is 6.04 Å². The maximum atomic E-state index is 13.7. The zero-order valence-corrected chi connectivity index (χ0v) is 24.0. The Morgan fingerprint density at radius 2 is 1.51 bits per heavy atom. The van der Waals surface area contributed by atoms with Crippen molar-refractivity contribution in [1.29, 1.82) is 0 Å². The van der Waals surface area contributed by atoms with Crippen LogP contribution in [0, 0.1) is 0 Å². The summed E-state index contributed by atoms with van der Waals surface area (Å²) in [4.78, 5) is 54.8. The number of aromatic nitrogens is 1. The highest BCUT2D eigenvalue weighted by molar-refractivity contribution is 5.95. The molecule has 3 amide bonds. The number of phenolic OH excluding ortho intramolecular Hbond substituents is 1. The number of aliphatic hydroxyl groups excluding tert-OH is 1. The number of para-hydroxylation sites is 1. The first-order valence-corrected chi connectivity index (χ1v) is 14.1. The van der Waals surface area contributed by atoms with Crippen molar-refractivity contribution in [3.8, 4) is 5.75 Å². The minimum absolute atomic E-state index is 0.0141. The van der Waals surface area contributed by atoms with Crippen LogP contribution < -0.4 is 27.4 Å². The Morgan fingerprint density at radius 3 is 2.16 bits per heavy atom. The highest BCUT2D eigenvalue weighted by Gasteiger charge is 2.32. The number of fused-ring (bicyclic) bond motifs is 1. The van der Waals surface area contributed by atoms with Gasteiger partial charge in [-0.3, -0.25) is 14.4 Å². The molecule has 0 radical (unpaired) electrons. The number of carboxylic acid groups (broad SMARTS) is 1. The molecule has 5 atom stereocenters. The molecule has 0 fully saturated rings. The molecule has 13 heteroatoms. The van der Waals surface area contributed by atoms with E-state index in [1.165, 1.54) is 19.1 Å². The number of aliphatic hydroxyl groups is 1. The fourth-order valence-electron chi connectivity index (χ4n) is 4.64. The quantitative estimate of drug-likeness (QED) is 0.101. The Kier molecular flexibility index (Phi) is 12.0. The average Bonchev–Trinajstić information content (AvgIpc) is 3.38. The summed E-state index contributed by atoms with van der Waals surface area (Å²) >= 11 is 0. The number of benzene rings is 2. The molecule has 0 spiro atoms. The molecule has 0 aliphatic rings. The van der Waals surface area contributed by atoms with Gasteiger partial charge < -0.3 is 47.7 Å². The Labute approximate surface area is 249 Å². The van der Waals surface area contributed by atoms with Gasteiger partial charge in [0.1, 0.15) is 17.8 Å². The van der Waals surface area contributed by atoms with Crippen LogP contribution in [0.15, 0.2) is 54.7 Å². The second-order valence-electron chi connectivity index (χ2n) is 10.5. The van der Waals surface area contributed by atoms with E-state index in [1.807, 2.05) is 24.3 Å². The van der Waals surface area contributed by atoms with Crippen molar-refractivity contribution in [3.63, 3.8) is 0 Å². The zero-order valence-electron chi connectivity index (χ0n) is 24.0. The molecule has 0 saturated heterocycles. The monoisotopic (exact) mass is 596 g/mol. The standard InChI is InChI=1S/C30H40N6O7/c1-17(37)26(30(42)43)36-29(41)25(15-19-16-33-23-8-3-2-6-21(19)23)35-28(40)24(14-18-9-11-20(38)12-10-18)34-27(39)22(32)7-4-5-13-31/h2-3,6,8-12,16-17,22,24-26,33,37-38H,4-5,7,13-15,31-32H2,1H3,(H,34,39)(H,35,40)(H,36,41)(H,42,43). The Hall–Kier alpha value is -4.46. The number of phenols is 1. The van der Waals surface area contributed by atoms with Crippen molar-refractivity contribution in [1.82, 2.24) is 20.9 Å². The number of hydrogen-bond donors (Lipinski definition) is 9. The maximum Gasteiger partial charge on any atom is 0.328 e. The van der Waals surface area contributed by atoms with Crippen molar-refractivity contribution in [2.75, 3.05) is 6.54 Å². The van der Waals surface area contributed by atoms with Gasteiger partial charge in [-0.1, -0.05) is 36.8 Å². The molecule has 11 N–H and O–H groups in total. The number of amides is 3. The van der Waals surface area contributed by atoms with Crippen molar-refractivity contribution in [3.05, 3.63) is 65.9 Å². The van der Waals surface area contributed by atoms with Crippen LogP contribution in [0.3, 0.4) is 0 Å². The molecule has 5 unspecified atom stereocenters. The van der Waals surface area contributed by atoms with Gasteiger partial charge in [-0.2, -0.15) is 0 Å². The van der Waals surface area contributed by atoms with E-state index < -0.39 is 54.0 Å². The molecule has 2 aromatic carbocycles. The fraction of sp³-hybridized carbons (Fsp3) is 0.400. The Morgan fingerprint density at radius 1 is 0.884 bits per heavy atom. The van der Waals surface area contributed by atoms with E-state index >= 15 is 0 Å². The molecular weight excluding hydrogens is 556 g/mol. The summed E-state index contributed by atoms with van der Waals surface area (Å²) in [6, 6.07) is 8.48. The van der Waals surface area contributed by atoms with Gasteiger partial charge in [0.2, 0.25) is 17.7 Å². The first-order valence-electron chi connectivity index (χ1n) is 14.1. The molecule has 1 heterocycles. The Bertz CT molecular complexity index is 1390. The molecule has 0 aliphatic heterocycles. The molecule has 232 valence electrons. The van der Waals surface area contributed by atoms with E-state index in [9.17, 15) is 34.5 Å². The largest absolute Gasteiger partial charge is 0.508 e. The van der Waals surface area contributed by atoms with Gasteiger partial charge in [-0.15, -0.1) is 0 Å². The molecule has 0 aliphatic carbocycles. The molecule has 0 saturated carbocycles. The first kappa shape index (κ1) is 33.0. The van der Waals surface area contributed by atoms with Crippen molar-refractivity contribution < 1.29 is 34.5 Å². The predicted molar refractivity (Wildman–Crippen MR) is 160 cm³/mol. The van der Waals surface area contributed by atoms with E-state index in [2.05, 4.69) is 20.9 Å². The van der Waals surface area contributed by atoms with E-state index in [1.54, 1.807) is 18.3 Å². The number of hydrogen-bond acceptors (Lipinski definition) is 8.